The van der Waals surface area contributed by atoms with E-state index in [9.17, 15) is 20.2 Å². The van der Waals surface area contributed by atoms with Crippen LogP contribution in [0.3, 0.4) is 0 Å². The lowest BCUT2D eigenvalue weighted by Crippen LogP contribution is -1.99. The Kier molecular flexibility index (Phi) is 4.04. The summed E-state index contributed by atoms with van der Waals surface area (Å²) in [7, 11) is 0. The third-order valence-electron chi connectivity index (χ3n) is 2.79. The Balaban J connectivity index is 2.47. The molecule has 0 aliphatic heterocycles. The minimum atomic E-state index is -0.759. The van der Waals surface area contributed by atoms with Crippen LogP contribution in [0.15, 0.2) is 36.4 Å². The number of rotatable bonds is 4. The number of anilines is 2. The molecule has 0 saturated carbocycles. The Morgan fingerprint density at radius 3 is 2.10 bits per heavy atom. The van der Waals surface area contributed by atoms with Crippen molar-refractivity contribution in [1.82, 2.24) is 0 Å². The van der Waals surface area contributed by atoms with Gasteiger partial charge in [-0.25, -0.2) is 0 Å². The van der Waals surface area contributed by atoms with Gasteiger partial charge in [0.25, 0.3) is 11.4 Å². The van der Waals surface area contributed by atoms with Crippen molar-refractivity contribution in [2.24, 2.45) is 0 Å². The third kappa shape index (κ3) is 3.26. The number of hydrogen-bond donors (Lipinski definition) is 1. The first kappa shape index (κ1) is 14.7. The maximum atomic E-state index is 11.1. The molecule has 0 amide bonds. The van der Waals surface area contributed by atoms with Gasteiger partial charge in [0.2, 0.25) is 0 Å². The first-order valence-corrected chi connectivity index (χ1v) is 6.22. The highest BCUT2D eigenvalue weighted by Gasteiger charge is 2.23. The molecule has 0 bridgehead atoms. The number of nitrogens with one attached hydrogen (secondary N) is 1. The fourth-order valence-electron chi connectivity index (χ4n) is 1.73. The van der Waals surface area contributed by atoms with E-state index in [0.29, 0.717) is 5.69 Å². The summed E-state index contributed by atoms with van der Waals surface area (Å²) in [5.74, 6) is 0. The molecule has 7 nitrogen and oxygen atoms in total. The highest BCUT2D eigenvalue weighted by atomic mass is 35.5. The van der Waals surface area contributed by atoms with Crippen LogP contribution in [0.1, 0.15) is 5.56 Å². The van der Waals surface area contributed by atoms with Gasteiger partial charge < -0.3 is 5.32 Å². The van der Waals surface area contributed by atoms with Gasteiger partial charge in [0, 0.05) is 5.69 Å². The fourth-order valence-corrected chi connectivity index (χ4v) is 1.97. The SMILES string of the molecule is Cc1ccc(Nc2cc(Cl)c([N+](=O)[O-])cc2[N+](=O)[O-])cc1. The van der Waals surface area contributed by atoms with E-state index in [1.54, 1.807) is 12.1 Å². The van der Waals surface area contributed by atoms with Gasteiger partial charge in [-0.15, -0.1) is 0 Å². The smallest absolute Gasteiger partial charge is 0.299 e. The Morgan fingerprint density at radius 1 is 1.00 bits per heavy atom. The second-order valence-corrected chi connectivity index (χ2v) is 4.73. The Bertz CT molecular complexity index is 716. The summed E-state index contributed by atoms with van der Waals surface area (Å²) < 4.78 is 0. The van der Waals surface area contributed by atoms with Crippen molar-refractivity contribution in [3.8, 4) is 0 Å². The maximum absolute atomic E-state index is 11.1. The summed E-state index contributed by atoms with van der Waals surface area (Å²) >= 11 is 5.79. The van der Waals surface area contributed by atoms with Gasteiger partial charge in [0.1, 0.15) is 10.7 Å². The number of aryl methyl sites for hydroxylation is 1. The minimum absolute atomic E-state index is 0.0967. The van der Waals surface area contributed by atoms with Gasteiger partial charge in [-0.1, -0.05) is 29.3 Å². The monoisotopic (exact) mass is 307 g/mol. The van der Waals surface area contributed by atoms with Crippen LogP contribution >= 0.6 is 11.6 Å². The predicted molar refractivity (Wildman–Crippen MR) is 79.2 cm³/mol. The van der Waals surface area contributed by atoms with E-state index >= 15 is 0 Å². The molecule has 0 heterocycles. The van der Waals surface area contributed by atoms with Crippen molar-refractivity contribution in [2.75, 3.05) is 5.32 Å². The molecule has 0 saturated heterocycles. The van der Waals surface area contributed by atoms with Crippen LogP contribution in [0.5, 0.6) is 0 Å². The first-order chi connectivity index (χ1) is 9.88. The molecule has 2 aromatic carbocycles. The topological polar surface area (TPSA) is 98.3 Å². The summed E-state index contributed by atoms with van der Waals surface area (Å²) in [6, 6.07) is 9.18. The van der Waals surface area contributed by atoms with Crippen LogP contribution in [-0.4, -0.2) is 9.85 Å². The third-order valence-corrected chi connectivity index (χ3v) is 3.09. The van der Waals surface area contributed by atoms with E-state index in [2.05, 4.69) is 5.32 Å². The van der Waals surface area contributed by atoms with E-state index in [4.69, 9.17) is 11.6 Å². The Labute approximate surface area is 124 Å². The zero-order valence-corrected chi connectivity index (χ0v) is 11.6. The standard InChI is InChI=1S/C13H10ClN3O4/c1-8-2-4-9(5-3-8)15-11-6-10(14)12(16(18)19)7-13(11)17(20)21/h2-7,15H,1H3. The summed E-state index contributed by atoms with van der Waals surface area (Å²) in [5.41, 5.74) is 0.842. The van der Waals surface area contributed by atoms with Gasteiger partial charge >= 0.3 is 0 Å². The van der Waals surface area contributed by atoms with E-state index in [0.717, 1.165) is 11.6 Å². The molecule has 21 heavy (non-hydrogen) atoms. The summed E-state index contributed by atoms with van der Waals surface area (Å²) in [5, 5.41) is 24.5. The van der Waals surface area contributed by atoms with E-state index < -0.39 is 21.2 Å². The van der Waals surface area contributed by atoms with Crippen LogP contribution in [-0.2, 0) is 0 Å². The van der Waals surface area contributed by atoms with Crippen molar-refractivity contribution in [3.63, 3.8) is 0 Å². The molecule has 0 spiro atoms. The fraction of sp³-hybridized carbons (Fsp3) is 0.0769. The molecule has 0 atom stereocenters. The number of nitrogens with zero attached hydrogens (tertiary/aromatic N) is 2. The van der Waals surface area contributed by atoms with Gasteiger partial charge in [-0.2, -0.15) is 0 Å². The average Bonchev–Trinajstić information content (AvgIpc) is 2.40. The molecule has 0 aromatic heterocycles. The van der Waals surface area contributed by atoms with Crippen LogP contribution in [0.25, 0.3) is 0 Å². The van der Waals surface area contributed by atoms with Crippen LogP contribution in [0.2, 0.25) is 5.02 Å². The molecular formula is C13H10ClN3O4. The molecule has 0 unspecified atom stereocenters. The number of halogens is 1. The number of hydrogen-bond acceptors (Lipinski definition) is 5. The summed E-state index contributed by atoms with van der Waals surface area (Å²) in [6.45, 7) is 1.91. The van der Waals surface area contributed by atoms with Gasteiger partial charge in [-0.05, 0) is 25.1 Å². The lowest BCUT2D eigenvalue weighted by atomic mass is 10.2. The molecule has 0 aliphatic rings. The summed E-state index contributed by atoms with van der Waals surface area (Å²) in [6.07, 6.45) is 0. The highest BCUT2D eigenvalue weighted by Crippen LogP contribution is 2.36. The molecule has 108 valence electrons. The molecule has 0 aliphatic carbocycles. The Hall–Kier alpha value is -2.67. The molecular weight excluding hydrogens is 298 g/mol. The van der Waals surface area contributed by atoms with Crippen LogP contribution < -0.4 is 5.32 Å². The lowest BCUT2D eigenvalue weighted by molar-refractivity contribution is -0.393. The zero-order chi connectivity index (χ0) is 15.6. The molecule has 2 rings (SSSR count). The summed E-state index contributed by atoms with van der Waals surface area (Å²) in [4.78, 5) is 20.4. The van der Waals surface area contributed by atoms with Crippen molar-refractivity contribution < 1.29 is 9.85 Å². The van der Waals surface area contributed by atoms with Crippen molar-refractivity contribution >= 4 is 34.4 Å². The number of nitro groups is 2. The average molecular weight is 308 g/mol. The minimum Gasteiger partial charge on any atom is -0.350 e. The molecule has 8 heteroatoms. The predicted octanol–water partition coefficient (Wildman–Crippen LogP) is 4.21. The normalized spacial score (nSPS) is 10.2. The van der Waals surface area contributed by atoms with E-state index in [1.165, 1.54) is 6.07 Å². The number of nitro benzene ring substituents is 2. The van der Waals surface area contributed by atoms with Crippen molar-refractivity contribution in [3.05, 3.63) is 67.2 Å². The van der Waals surface area contributed by atoms with Crippen LogP contribution in [0.4, 0.5) is 22.7 Å². The van der Waals surface area contributed by atoms with Crippen molar-refractivity contribution in [2.45, 2.75) is 6.92 Å². The van der Waals surface area contributed by atoms with Crippen LogP contribution in [0, 0.1) is 27.2 Å². The molecule has 2 aromatic rings. The van der Waals surface area contributed by atoms with Crippen molar-refractivity contribution in [1.29, 1.82) is 0 Å². The van der Waals surface area contributed by atoms with E-state index in [-0.39, 0.29) is 10.7 Å². The second-order valence-electron chi connectivity index (χ2n) is 4.33. The van der Waals surface area contributed by atoms with Gasteiger partial charge in [0.05, 0.1) is 15.9 Å². The van der Waals surface area contributed by atoms with E-state index in [1.807, 2.05) is 19.1 Å². The zero-order valence-electron chi connectivity index (χ0n) is 10.9. The first-order valence-electron chi connectivity index (χ1n) is 5.84. The second kappa shape index (κ2) is 5.76. The largest absolute Gasteiger partial charge is 0.350 e. The van der Waals surface area contributed by atoms with Gasteiger partial charge in [-0.3, -0.25) is 20.2 Å². The highest BCUT2D eigenvalue weighted by molar-refractivity contribution is 6.33. The number of benzene rings is 2. The maximum Gasteiger partial charge on any atom is 0.299 e. The molecule has 0 radical (unpaired) electrons. The quantitative estimate of drug-likeness (QED) is 0.674. The molecule has 0 fully saturated rings. The molecule has 1 N–H and O–H groups in total. The van der Waals surface area contributed by atoms with Gasteiger partial charge in [0.15, 0.2) is 0 Å². The lowest BCUT2D eigenvalue weighted by Gasteiger charge is -2.08. The Morgan fingerprint density at radius 2 is 1.57 bits per heavy atom.